The van der Waals surface area contributed by atoms with Crippen LogP contribution < -0.4 is 26.0 Å². The van der Waals surface area contributed by atoms with Crippen LogP contribution in [0.15, 0.2) is 52.9 Å². The summed E-state index contributed by atoms with van der Waals surface area (Å²) in [7, 11) is 0. The molecule has 9 heteroatoms. The van der Waals surface area contributed by atoms with Gasteiger partial charge in [-0.05, 0) is 37.1 Å². The van der Waals surface area contributed by atoms with Gasteiger partial charge < -0.3 is 14.3 Å². The summed E-state index contributed by atoms with van der Waals surface area (Å²) >= 11 is 0. The molecule has 0 amide bonds. The molecule has 1 aliphatic rings. The SMILES string of the molecule is CCCOc1ccc(CON=C(C)c2ccc(OCC3=NNNN3)nc2)cc1. The maximum atomic E-state index is 5.56. The predicted molar refractivity (Wildman–Crippen MR) is 106 cm³/mol. The molecule has 0 atom stereocenters. The lowest BCUT2D eigenvalue weighted by Crippen LogP contribution is -2.37. The van der Waals surface area contributed by atoms with Gasteiger partial charge in [0.05, 0.1) is 12.3 Å². The number of hydrazine groups is 2. The number of amidine groups is 1. The Labute approximate surface area is 163 Å². The number of nitrogens with one attached hydrogen (secondary N) is 3. The largest absolute Gasteiger partial charge is 0.494 e. The minimum absolute atomic E-state index is 0.283. The summed E-state index contributed by atoms with van der Waals surface area (Å²) in [6, 6.07) is 11.5. The molecule has 0 aliphatic carbocycles. The molecule has 28 heavy (non-hydrogen) atoms. The second kappa shape index (κ2) is 10.1. The van der Waals surface area contributed by atoms with E-state index < -0.39 is 0 Å². The van der Waals surface area contributed by atoms with Crippen LogP contribution in [0, 0.1) is 0 Å². The van der Waals surface area contributed by atoms with Crippen molar-refractivity contribution in [2.45, 2.75) is 26.9 Å². The third-order valence-corrected chi connectivity index (χ3v) is 3.79. The molecule has 0 unspecified atom stereocenters. The lowest BCUT2D eigenvalue weighted by Gasteiger charge is -2.07. The van der Waals surface area contributed by atoms with Crippen molar-refractivity contribution in [3.8, 4) is 11.6 Å². The summed E-state index contributed by atoms with van der Waals surface area (Å²) in [4.78, 5) is 9.72. The van der Waals surface area contributed by atoms with E-state index in [1.54, 1.807) is 12.3 Å². The molecule has 0 saturated heterocycles. The minimum Gasteiger partial charge on any atom is -0.494 e. The van der Waals surface area contributed by atoms with Crippen molar-refractivity contribution in [2.24, 2.45) is 10.3 Å². The minimum atomic E-state index is 0.283. The van der Waals surface area contributed by atoms with E-state index in [-0.39, 0.29) is 6.61 Å². The molecule has 1 aliphatic heterocycles. The molecule has 0 saturated carbocycles. The second-order valence-corrected chi connectivity index (χ2v) is 6.04. The highest BCUT2D eigenvalue weighted by Crippen LogP contribution is 2.14. The predicted octanol–water partition coefficient (Wildman–Crippen LogP) is 2.12. The summed E-state index contributed by atoms with van der Waals surface area (Å²) in [5.74, 6) is 2.00. The number of hydrogen-bond acceptors (Lipinski definition) is 9. The van der Waals surface area contributed by atoms with Gasteiger partial charge in [-0.15, -0.1) is 10.6 Å². The number of aromatic nitrogens is 1. The smallest absolute Gasteiger partial charge is 0.213 e. The van der Waals surface area contributed by atoms with Crippen molar-refractivity contribution in [1.82, 2.24) is 21.5 Å². The molecule has 3 rings (SSSR count). The average molecular weight is 384 g/mol. The zero-order valence-electron chi connectivity index (χ0n) is 15.9. The van der Waals surface area contributed by atoms with Crippen molar-refractivity contribution >= 4 is 11.5 Å². The third-order valence-electron chi connectivity index (χ3n) is 3.79. The van der Waals surface area contributed by atoms with Gasteiger partial charge in [-0.2, -0.15) is 0 Å². The van der Waals surface area contributed by atoms with Gasteiger partial charge in [0.15, 0.2) is 12.4 Å². The highest BCUT2D eigenvalue weighted by atomic mass is 16.6. The fourth-order valence-corrected chi connectivity index (χ4v) is 2.27. The molecule has 3 N–H and O–H groups in total. The number of ether oxygens (including phenoxy) is 2. The first-order chi connectivity index (χ1) is 13.7. The number of hydrogen-bond donors (Lipinski definition) is 3. The van der Waals surface area contributed by atoms with Crippen molar-refractivity contribution in [3.63, 3.8) is 0 Å². The molecule has 0 bridgehead atoms. The monoisotopic (exact) mass is 384 g/mol. The molecule has 1 aromatic heterocycles. The van der Waals surface area contributed by atoms with Crippen molar-refractivity contribution in [3.05, 3.63) is 53.7 Å². The maximum Gasteiger partial charge on any atom is 0.213 e. The molecule has 0 spiro atoms. The molecule has 2 heterocycles. The summed E-state index contributed by atoms with van der Waals surface area (Å²) in [6.07, 6.45) is 2.68. The van der Waals surface area contributed by atoms with E-state index in [4.69, 9.17) is 14.3 Å². The zero-order valence-corrected chi connectivity index (χ0v) is 15.9. The van der Waals surface area contributed by atoms with Gasteiger partial charge in [-0.1, -0.05) is 24.2 Å². The van der Waals surface area contributed by atoms with Crippen LogP contribution in [0.2, 0.25) is 0 Å². The lowest BCUT2D eigenvalue weighted by atomic mass is 10.2. The van der Waals surface area contributed by atoms with Crippen LogP contribution in [0.5, 0.6) is 11.6 Å². The first kappa shape index (κ1) is 19.4. The Balaban J connectivity index is 1.46. The summed E-state index contributed by atoms with van der Waals surface area (Å²) in [5, 5.41) is 8.08. The number of nitrogens with zero attached hydrogens (tertiary/aromatic N) is 3. The van der Waals surface area contributed by atoms with E-state index in [9.17, 15) is 0 Å². The van der Waals surface area contributed by atoms with Gasteiger partial charge in [0.2, 0.25) is 5.88 Å². The Bertz CT molecular complexity index is 805. The highest BCUT2D eigenvalue weighted by Gasteiger charge is 2.06. The lowest BCUT2D eigenvalue weighted by molar-refractivity contribution is 0.130. The van der Waals surface area contributed by atoms with Gasteiger partial charge in [-0.25, -0.2) is 10.5 Å². The fourth-order valence-electron chi connectivity index (χ4n) is 2.27. The normalized spacial score (nSPS) is 13.4. The number of pyridine rings is 1. The first-order valence-corrected chi connectivity index (χ1v) is 9.04. The van der Waals surface area contributed by atoms with Crippen LogP contribution in [-0.4, -0.2) is 29.7 Å². The summed E-state index contributed by atoms with van der Waals surface area (Å²) in [6.45, 7) is 5.34. The Hall–Kier alpha value is -3.33. The van der Waals surface area contributed by atoms with Crippen LogP contribution in [-0.2, 0) is 11.4 Å². The van der Waals surface area contributed by atoms with E-state index in [1.807, 2.05) is 37.3 Å². The van der Waals surface area contributed by atoms with Crippen LogP contribution in [0.3, 0.4) is 0 Å². The Morgan fingerprint density at radius 1 is 1.07 bits per heavy atom. The highest BCUT2D eigenvalue weighted by molar-refractivity contribution is 5.98. The summed E-state index contributed by atoms with van der Waals surface area (Å²) < 4.78 is 11.1. The average Bonchev–Trinajstić information content (AvgIpc) is 3.26. The maximum absolute atomic E-state index is 5.56. The number of rotatable bonds is 10. The Morgan fingerprint density at radius 2 is 1.93 bits per heavy atom. The Kier molecular flexibility index (Phi) is 7.02. The quantitative estimate of drug-likeness (QED) is 0.426. The van der Waals surface area contributed by atoms with Gasteiger partial charge in [0.1, 0.15) is 12.4 Å². The second-order valence-electron chi connectivity index (χ2n) is 6.04. The van der Waals surface area contributed by atoms with E-state index in [0.717, 1.165) is 35.6 Å². The Morgan fingerprint density at radius 3 is 2.61 bits per heavy atom. The third kappa shape index (κ3) is 5.85. The van der Waals surface area contributed by atoms with Crippen molar-refractivity contribution in [2.75, 3.05) is 13.2 Å². The van der Waals surface area contributed by atoms with E-state index in [0.29, 0.717) is 18.3 Å². The number of hydrazone groups is 1. The number of benzene rings is 1. The van der Waals surface area contributed by atoms with Crippen LogP contribution in [0.25, 0.3) is 0 Å². The van der Waals surface area contributed by atoms with Crippen LogP contribution in [0.4, 0.5) is 0 Å². The fraction of sp³-hybridized carbons (Fsp3) is 0.316. The van der Waals surface area contributed by atoms with E-state index >= 15 is 0 Å². The van der Waals surface area contributed by atoms with Crippen molar-refractivity contribution < 1.29 is 14.3 Å². The van der Waals surface area contributed by atoms with Crippen LogP contribution in [0.1, 0.15) is 31.4 Å². The first-order valence-electron chi connectivity index (χ1n) is 9.04. The van der Waals surface area contributed by atoms with Gasteiger partial charge in [-0.3, -0.25) is 5.43 Å². The zero-order chi connectivity index (χ0) is 19.6. The number of oxime groups is 1. The molecule has 0 fully saturated rings. The topological polar surface area (TPSA) is 101 Å². The van der Waals surface area contributed by atoms with Gasteiger partial charge in [0.25, 0.3) is 0 Å². The molecule has 0 radical (unpaired) electrons. The van der Waals surface area contributed by atoms with Crippen LogP contribution >= 0.6 is 0 Å². The van der Waals surface area contributed by atoms with Gasteiger partial charge in [0, 0.05) is 17.8 Å². The molecule has 2 aromatic rings. The van der Waals surface area contributed by atoms with Crippen molar-refractivity contribution in [1.29, 1.82) is 0 Å². The standard InChI is InChI=1S/C19H24N6O3/c1-3-10-26-17-7-4-15(5-8-17)12-28-23-14(2)16-6-9-19(20-11-16)27-13-18-21-24-25-22-18/h4-9,11,24-25H,3,10,12-13H2,1-2H3,(H,21,22). The van der Waals surface area contributed by atoms with E-state index in [1.165, 1.54) is 0 Å². The van der Waals surface area contributed by atoms with E-state index in [2.05, 4.69) is 38.7 Å². The molecule has 1 aromatic carbocycles. The molecular weight excluding hydrogens is 360 g/mol. The summed E-state index contributed by atoms with van der Waals surface area (Å²) in [5.41, 5.74) is 10.6. The van der Waals surface area contributed by atoms with Gasteiger partial charge >= 0.3 is 0 Å². The molecule has 148 valence electrons. The molecule has 9 nitrogen and oxygen atoms in total. The molecular formula is C19H24N6O3.